The molecule has 4 N–H and O–H groups in total. The van der Waals surface area contributed by atoms with E-state index in [9.17, 15) is 9.59 Å². The maximum Gasteiger partial charge on any atom is 0.248 e. The van der Waals surface area contributed by atoms with Crippen molar-refractivity contribution in [2.75, 3.05) is 12.3 Å². The third-order valence-corrected chi connectivity index (χ3v) is 3.89. The zero-order valence-corrected chi connectivity index (χ0v) is 11.8. The van der Waals surface area contributed by atoms with Crippen LogP contribution in [-0.4, -0.2) is 23.3 Å². The van der Waals surface area contributed by atoms with Crippen molar-refractivity contribution in [3.8, 4) is 0 Å². The molecule has 0 radical (unpaired) electrons. The van der Waals surface area contributed by atoms with E-state index in [0.29, 0.717) is 30.1 Å². The summed E-state index contributed by atoms with van der Waals surface area (Å²) in [6.07, 6.45) is 2.57. The molecule has 1 aliphatic rings. The van der Waals surface area contributed by atoms with E-state index in [1.807, 2.05) is 4.90 Å². The molecule has 108 valence electrons. The van der Waals surface area contributed by atoms with Gasteiger partial charge in [-0.1, -0.05) is 13.0 Å². The van der Waals surface area contributed by atoms with E-state index in [0.717, 1.165) is 24.9 Å². The molecule has 0 spiro atoms. The Hall–Kier alpha value is -2.04. The Morgan fingerprint density at radius 3 is 2.80 bits per heavy atom. The molecule has 1 aliphatic heterocycles. The molecule has 1 aromatic rings. The lowest BCUT2D eigenvalue weighted by molar-refractivity contribution is -0.131. The minimum atomic E-state index is -0.497. The van der Waals surface area contributed by atoms with Crippen LogP contribution in [0.2, 0.25) is 0 Å². The third-order valence-electron chi connectivity index (χ3n) is 3.89. The highest BCUT2D eigenvalue weighted by Gasteiger charge is 2.20. The summed E-state index contributed by atoms with van der Waals surface area (Å²) in [5, 5.41) is 0. The van der Waals surface area contributed by atoms with Gasteiger partial charge in [0.25, 0.3) is 0 Å². The van der Waals surface area contributed by atoms with Crippen LogP contribution in [0.25, 0.3) is 0 Å². The van der Waals surface area contributed by atoms with E-state index in [2.05, 4.69) is 6.92 Å². The van der Waals surface area contributed by atoms with Gasteiger partial charge >= 0.3 is 0 Å². The maximum atomic E-state index is 12.1. The topological polar surface area (TPSA) is 89.4 Å². The van der Waals surface area contributed by atoms with Crippen LogP contribution >= 0.6 is 0 Å². The van der Waals surface area contributed by atoms with E-state index in [1.54, 1.807) is 18.2 Å². The number of primary amides is 1. The fraction of sp³-hybridized carbons (Fsp3) is 0.467. The molecule has 1 fully saturated rings. The van der Waals surface area contributed by atoms with Gasteiger partial charge in [0.1, 0.15) is 0 Å². The molecule has 2 rings (SSSR count). The number of likely N-dealkylation sites (tertiary alicyclic amines) is 1. The summed E-state index contributed by atoms with van der Waals surface area (Å²) in [6.45, 7) is 3.43. The molecule has 0 aromatic heterocycles. The van der Waals surface area contributed by atoms with E-state index in [1.165, 1.54) is 0 Å². The molecular weight excluding hydrogens is 254 g/mol. The zero-order valence-electron chi connectivity index (χ0n) is 11.8. The molecule has 1 unspecified atom stereocenters. The molecule has 20 heavy (non-hydrogen) atoms. The predicted molar refractivity (Wildman–Crippen MR) is 77.8 cm³/mol. The summed E-state index contributed by atoms with van der Waals surface area (Å²) in [6, 6.07) is 5.00. The fourth-order valence-electron chi connectivity index (χ4n) is 2.44. The van der Waals surface area contributed by atoms with Crippen molar-refractivity contribution in [2.45, 2.75) is 32.7 Å². The van der Waals surface area contributed by atoms with Gasteiger partial charge in [-0.2, -0.15) is 0 Å². The number of nitrogen functional groups attached to an aromatic ring is 1. The summed E-state index contributed by atoms with van der Waals surface area (Å²) in [4.78, 5) is 25.0. The van der Waals surface area contributed by atoms with Gasteiger partial charge in [-0.05, 0) is 36.5 Å². The van der Waals surface area contributed by atoms with Crippen LogP contribution in [-0.2, 0) is 11.3 Å². The number of carbonyl (C=O) groups is 2. The summed E-state index contributed by atoms with van der Waals surface area (Å²) < 4.78 is 0. The van der Waals surface area contributed by atoms with Gasteiger partial charge in [-0.15, -0.1) is 0 Å². The average molecular weight is 275 g/mol. The van der Waals surface area contributed by atoms with Crippen molar-refractivity contribution in [3.05, 3.63) is 29.3 Å². The van der Waals surface area contributed by atoms with Crippen molar-refractivity contribution in [1.82, 2.24) is 4.90 Å². The Labute approximate surface area is 118 Å². The van der Waals surface area contributed by atoms with E-state index >= 15 is 0 Å². The maximum absolute atomic E-state index is 12.1. The lowest BCUT2D eigenvalue weighted by Crippen LogP contribution is -2.30. The normalized spacial score (nSPS) is 19.8. The number of benzene rings is 1. The number of hydrogen-bond acceptors (Lipinski definition) is 3. The predicted octanol–water partition coefficient (Wildman–Crippen LogP) is 1.52. The van der Waals surface area contributed by atoms with Crippen molar-refractivity contribution in [2.24, 2.45) is 11.7 Å². The highest BCUT2D eigenvalue weighted by atomic mass is 16.2. The first-order chi connectivity index (χ1) is 9.47. The largest absolute Gasteiger partial charge is 0.398 e. The molecule has 1 aromatic carbocycles. The quantitative estimate of drug-likeness (QED) is 0.819. The molecule has 0 bridgehead atoms. The van der Waals surface area contributed by atoms with Crippen molar-refractivity contribution >= 4 is 17.5 Å². The van der Waals surface area contributed by atoms with Crippen molar-refractivity contribution < 1.29 is 9.59 Å². The van der Waals surface area contributed by atoms with Gasteiger partial charge < -0.3 is 16.4 Å². The van der Waals surface area contributed by atoms with Crippen molar-refractivity contribution in [3.63, 3.8) is 0 Å². The molecule has 0 saturated carbocycles. The third kappa shape index (κ3) is 3.29. The Kier molecular flexibility index (Phi) is 4.27. The van der Waals surface area contributed by atoms with Gasteiger partial charge in [0.15, 0.2) is 0 Å². The number of nitrogens with two attached hydrogens (primary N) is 2. The second kappa shape index (κ2) is 5.94. The van der Waals surface area contributed by atoms with Crippen molar-refractivity contribution in [1.29, 1.82) is 0 Å². The molecule has 1 saturated heterocycles. The van der Waals surface area contributed by atoms with E-state index in [4.69, 9.17) is 11.5 Å². The Balaban J connectivity index is 2.13. The first kappa shape index (κ1) is 14.4. The Bertz CT molecular complexity index is 528. The number of nitrogens with zero attached hydrogens (tertiary/aromatic N) is 1. The second-order valence-corrected chi connectivity index (χ2v) is 5.53. The Morgan fingerprint density at radius 1 is 1.40 bits per heavy atom. The summed E-state index contributed by atoms with van der Waals surface area (Å²) in [5.41, 5.74) is 12.9. The number of carbonyl (C=O) groups excluding carboxylic acids is 2. The smallest absolute Gasteiger partial charge is 0.248 e. The van der Waals surface area contributed by atoms with Crippen LogP contribution in [0.1, 0.15) is 42.1 Å². The van der Waals surface area contributed by atoms with Gasteiger partial charge in [-0.25, -0.2) is 0 Å². The minimum Gasteiger partial charge on any atom is -0.398 e. The first-order valence-electron chi connectivity index (χ1n) is 6.93. The molecular formula is C15H21N3O2. The van der Waals surface area contributed by atoms with Gasteiger partial charge in [0, 0.05) is 30.8 Å². The molecule has 5 nitrogen and oxygen atoms in total. The van der Waals surface area contributed by atoms with Crippen LogP contribution in [0.3, 0.4) is 0 Å². The first-order valence-corrected chi connectivity index (χ1v) is 6.93. The van der Waals surface area contributed by atoms with Gasteiger partial charge in [0.2, 0.25) is 11.8 Å². The zero-order chi connectivity index (χ0) is 14.7. The molecule has 2 amide bonds. The molecule has 5 heteroatoms. The number of amides is 2. The monoisotopic (exact) mass is 275 g/mol. The summed E-state index contributed by atoms with van der Waals surface area (Å²) in [7, 11) is 0. The second-order valence-electron chi connectivity index (χ2n) is 5.53. The fourth-order valence-corrected chi connectivity index (χ4v) is 2.44. The number of hydrogen-bond donors (Lipinski definition) is 2. The SMILES string of the molecule is CC1CCC(=O)N(Cc2ccc(C(N)=O)cc2N)CC1. The van der Waals surface area contributed by atoms with Crippen LogP contribution in [0.15, 0.2) is 18.2 Å². The molecule has 1 heterocycles. The standard InChI is InChI=1S/C15H21N3O2/c1-10-2-5-14(19)18(7-6-10)9-12-4-3-11(15(17)20)8-13(12)16/h3-4,8,10H,2,5-7,9,16H2,1H3,(H2,17,20). The minimum absolute atomic E-state index is 0.174. The summed E-state index contributed by atoms with van der Waals surface area (Å²) >= 11 is 0. The number of rotatable bonds is 3. The molecule has 0 aliphatic carbocycles. The lowest BCUT2D eigenvalue weighted by Gasteiger charge is -2.21. The van der Waals surface area contributed by atoms with Crippen LogP contribution < -0.4 is 11.5 Å². The molecule has 1 atom stereocenters. The van der Waals surface area contributed by atoms with Crippen LogP contribution in [0, 0.1) is 5.92 Å². The number of anilines is 1. The lowest BCUT2D eigenvalue weighted by atomic mass is 10.0. The average Bonchev–Trinajstić information content (AvgIpc) is 2.56. The summed E-state index contributed by atoms with van der Waals surface area (Å²) in [5.74, 6) is 0.259. The van der Waals surface area contributed by atoms with E-state index in [-0.39, 0.29) is 5.91 Å². The highest BCUT2D eigenvalue weighted by molar-refractivity contribution is 5.93. The Morgan fingerprint density at radius 2 is 2.15 bits per heavy atom. The van der Waals surface area contributed by atoms with Crippen LogP contribution in [0.5, 0.6) is 0 Å². The highest BCUT2D eigenvalue weighted by Crippen LogP contribution is 2.22. The van der Waals surface area contributed by atoms with E-state index < -0.39 is 5.91 Å². The van der Waals surface area contributed by atoms with Crippen LogP contribution in [0.4, 0.5) is 5.69 Å². The van der Waals surface area contributed by atoms with Gasteiger partial charge in [-0.3, -0.25) is 9.59 Å². The van der Waals surface area contributed by atoms with Gasteiger partial charge in [0.05, 0.1) is 0 Å².